The first-order chi connectivity index (χ1) is 7.02. The van der Waals surface area contributed by atoms with Crippen LogP contribution in [-0.2, 0) is 4.74 Å². The molecule has 0 saturated carbocycles. The smallest absolute Gasteiger partial charge is 0.342 e. The van der Waals surface area contributed by atoms with E-state index in [0.29, 0.717) is 0 Å². The maximum Gasteiger partial charge on any atom is 0.342 e. The lowest BCUT2D eigenvalue weighted by molar-refractivity contribution is -0.0225. The van der Waals surface area contributed by atoms with Crippen LogP contribution in [0.15, 0.2) is 12.1 Å². The van der Waals surface area contributed by atoms with Gasteiger partial charge in [0.2, 0.25) is 0 Å². The molecule has 0 radical (unpaired) electrons. The first-order valence-corrected chi connectivity index (χ1v) is 4.46. The average molecular weight is 210 g/mol. The molecule has 5 heteroatoms. The van der Waals surface area contributed by atoms with Gasteiger partial charge in [-0.05, 0) is 19.1 Å². The van der Waals surface area contributed by atoms with Gasteiger partial charge < -0.3 is 20.1 Å². The standard InChI is InChI=1S/C10H10O5/c1-4-9(13)7-5(11)2-3-6(12)8(7)10(14)15-4/h2-4,9,11-13H,1H3/t4-,9-/m0/s1. The fourth-order valence-electron chi connectivity index (χ4n) is 1.64. The van der Waals surface area contributed by atoms with E-state index in [1.165, 1.54) is 19.1 Å². The van der Waals surface area contributed by atoms with Gasteiger partial charge in [0.05, 0.1) is 0 Å². The first-order valence-electron chi connectivity index (χ1n) is 4.46. The average Bonchev–Trinajstić information content (AvgIpc) is 2.18. The number of aromatic hydroxyl groups is 2. The highest BCUT2D eigenvalue weighted by Crippen LogP contribution is 2.39. The molecule has 0 unspecified atom stereocenters. The van der Waals surface area contributed by atoms with Crippen molar-refractivity contribution in [1.82, 2.24) is 0 Å². The molecular formula is C10H10O5. The number of aliphatic hydroxyl groups excluding tert-OH is 1. The van der Waals surface area contributed by atoms with Gasteiger partial charge in [0, 0.05) is 5.56 Å². The van der Waals surface area contributed by atoms with Crippen LogP contribution in [0.2, 0.25) is 0 Å². The first kappa shape index (κ1) is 9.79. The summed E-state index contributed by atoms with van der Waals surface area (Å²) in [5.41, 5.74) is -0.139. The normalized spacial score (nSPS) is 24.5. The van der Waals surface area contributed by atoms with Crippen molar-refractivity contribution in [3.05, 3.63) is 23.3 Å². The van der Waals surface area contributed by atoms with Crippen molar-refractivity contribution in [1.29, 1.82) is 0 Å². The molecule has 1 heterocycles. The highest BCUT2D eigenvalue weighted by atomic mass is 16.6. The number of phenolic OH excluding ortho intramolecular Hbond substituents is 2. The number of fused-ring (bicyclic) bond motifs is 1. The minimum absolute atomic E-state index is 0.0266. The fraction of sp³-hybridized carbons (Fsp3) is 0.300. The maximum absolute atomic E-state index is 11.4. The summed E-state index contributed by atoms with van der Waals surface area (Å²) in [6.45, 7) is 1.51. The second-order valence-corrected chi connectivity index (χ2v) is 3.45. The molecule has 1 aliphatic heterocycles. The minimum Gasteiger partial charge on any atom is -0.508 e. The van der Waals surface area contributed by atoms with Gasteiger partial charge in [-0.25, -0.2) is 4.79 Å². The second-order valence-electron chi connectivity index (χ2n) is 3.45. The van der Waals surface area contributed by atoms with Crippen LogP contribution < -0.4 is 0 Å². The van der Waals surface area contributed by atoms with Crippen molar-refractivity contribution in [2.24, 2.45) is 0 Å². The summed E-state index contributed by atoms with van der Waals surface area (Å²) in [4.78, 5) is 11.4. The zero-order valence-corrected chi connectivity index (χ0v) is 7.97. The molecule has 80 valence electrons. The molecule has 1 aromatic rings. The van der Waals surface area contributed by atoms with Crippen molar-refractivity contribution in [3.63, 3.8) is 0 Å². The van der Waals surface area contributed by atoms with E-state index in [1.54, 1.807) is 0 Å². The fourth-order valence-corrected chi connectivity index (χ4v) is 1.64. The Bertz CT molecular complexity index is 426. The Morgan fingerprint density at radius 3 is 2.53 bits per heavy atom. The van der Waals surface area contributed by atoms with E-state index in [1.807, 2.05) is 0 Å². The number of esters is 1. The quantitative estimate of drug-likeness (QED) is 0.433. The lowest BCUT2D eigenvalue weighted by Crippen LogP contribution is -2.30. The van der Waals surface area contributed by atoms with Crippen LogP contribution in [0.1, 0.15) is 28.9 Å². The number of cyclic esters (lactones) is 1. The Kier molecular flexibility index (Phi) is 2.04. The monoisotopic (exact) mass is 210 g/mol. The Morgan fingerprint density at radius 1 is 1.27 bits per heavy atom. The van der Waals surface area contributed by atoms with Gasteiger partial charge in [0.15, 0.2) is 0 Å². The van der Waals surface area contributed by atoms with E-state index in [-0.39, 0.29) is 22.6 Å². The molecule has 0 amide bonds. The van der Waals surface area contributed by atoms with Gasteiger partial charge in [-0.2, -0.15) is 0 Å². The molecule has 2 atom stereocenters. The molecular weight excluding hydrogens is 200 g/mol. The molecule has 0 fully saturated rings. The van der Waals surface area contributed by atoms with E-state index in [4.69, 9.17) is 4.74 Å². The van der Waals surface area contributed by atoms with Gasteiger partial charge in [0.25, 0.3) is 0 Å². The molecule has 2 rings (SSSR count). The van der Waals surface area contributed by atoms with Crippen LogP contribution in [0.4, 0.5) is 0 Å². The number of aliphatic hydroxyl groups is 1. The minimum atomic E-state index is -1.12. The molecule has 3 N–H and O–H groups in total. The molecule has 0 bridgehead atoms. The molecule has 0 saturated heterocycles. The maximum atomic E-state index is 11.4. The molecule has 0 aliphatic carbocycles. The molecule has 15 heavy (non-hydrogen) atoms. The number of benzene rings is 1. The van der Waals surface area contributed by atoms with Crippen molar-refractivity contribution in [3.8, 4) is 11.5 Å². The largest absolute Gasteiger partial charge is 0.508 e. The van der Waals surface area contributed by atoms with E-state index >= 15 is 0 Å². The zero-order valence-electron chi connectivity index (χ0n) is 7.97. The Hall–Kier alpha value is -1.75. The van der Waals surface area contributed by atoms with Crippen molar-refractivity contribution in [2.45, 2.75) is 19.1 Å². The number of carbonyl (C=O) groups excluding carboxylic acids is 1. The van der Waals surface area contributed by atoms with E-state index in [2.05, 4.69) is 0 Å². The molecule has 0 spiro atoms. The number of carbonyl (C=O) groups is 1. The Balaban J connectivity index is 2.70. The Morgan fingerprint density at radius 2 is 1.87 bits per heavy atom. The molecule has 1 aliphatic rings. The summed E-state index contributed by atoms with van der Waals surface area (Å²) in [6, 6.07) is 2.40. The predicted molar refractivity (Wildman–Crippen MR) is 49.6 cm³/mol. The number of ether oxygens (including phenoxy) is 1. The van der Waals surface area contributed by atoms with Crippen molar-refractivity contribution >= 4 is 5.97 Å². The molecule has 5 nitrogen and oxygen atoms in total. The van der Waals surface area contributed by atoms with Crippen LogP contribution in [-0.4, -0.2) is 27.4 Å². The third-order valence-corrected chi connectivity index (χ3v) is 2.44. The second kappa shape index (κ2) is 3.13. The zero-order chi connectivity index (χ0) is 11.2. The van der Waals surface area contributed by atoms with Gasteiger partial charge in [0.1, 0.15) is 29.3 Å². The summed E-state index contributed by atoms with van der Waals surface area (Å²) in [5, 5.41) is 28.6. The van der Waals surface area contributed by atoms with E-state index in [9.17, 15) is 20.1 Å². The van der Waals surface area contributed by atoms with Crippen LogP contribution in [0.25, 0.3) is 0 Å². The van der Waals surface area contributed by atoms with Crippen LogP contribution in [0.5, 0.6) is 11.5 Å². The van der Waals surface area contributed by atoms with E-state index < -0.39 is 18.2 Å². The number of hydrogen-bond acceptors (Lipinski definition) is 5. The van der Waals surface area contributed by atoms with Gasteiger partial charge in [-0.15, -0.1) is 0 Å². The van der Waals surface area contributed by atoms with Crippen molar-refractivity contribution in [2.75, 3.05) is 0 Å². The number of phenols is 2. The topological polar surface area (TPSA) is 87.0 Å². The number of rotatable bonds is 0. The predicted octanol–water partition coefficient (Wildman–Crippen LogP) is 0.690. The summed E-state index contributed by atoms with van der Waals surface area (Å²) in [7, 11) is 0. The summed E-state index contributed by atoms with van der Waals surface area (Å²) < 4.78 is 4.80. The third kappa shape index (κ3) is 1.32. The highest BCUT2D eigenvalue weighted by Gasteiger charge is 2.36. The van der Waals surface area contributed by atoms with Crippen LogP contribution in [0.3, 0.4) is 0 Å². The Labute approximate surface area is 85.5 Å². The van der Waals surface area contributed by atoms with Crippen molar-refractivity contribution < 1.29 is 24.9 Å². The highest BCUT2D eigenvalue weighted by molar-refractivity contribution is 5.96. The SMILES string of the molecule is C[C@@H]1OC(=O)c2c(O)ccc(O)c2[C@H]1O. The summed E-state index contributed by atoms with van der Waals surface area (Å²) >= 11 is 0. The van der Waals surface area contributed by atoms with Crippen LogP contribution >= 0.6 is 0 Å². The lowest BCUT2D eigenvalue weighted by atomic mass is 9.94. The molecule has 0 aromatic heterocycles. The van der Waals surface area contributed by atoms with Crippen LogP contribution in [0, 0.1) is 0 Å². The van der Waals surface area contributed by atoms with Gasteiger partial charge in [-0.3, -0.25) is 0 Å². The molecule has 1 aromatic carbocycles. The van der Waals surface area contributed by atoms with E-state index in [0.717, 1.165) is 0 Å². The summed E-state index contributed by atoms with van der Waals surface area (Å²) in [5.74, 6) is -1.27. The van der Waals surface area contributed by atoms with Gasteiger partial charge >= 0.3 is 5.97 Å². The summed E-state index contributed by atoms with van der Waals surface area (Å²) in [6.07, 6.45) is -1.86. The number of hydrogen-bond donors (Lipinski definition) is 3. The lowest BCUT2D eigenvalue weighted by Gasteiger charge is -2.27. The third-order valence-electron chi connectivity index (χ3n) is 2.44. The van der Waals surface area contributed by atoms with Gasteiger partial charge in [-0.1, -0.05) is 0 Å².